The van der Waals surface area contributed by atoms with E-state index in [1.165, 1.54) is 6.07 Å². The first-order valence-electron chi connectivity index (χ1n) is 7.70. The number of nitro benzene ring substituents is 1. The second-order valence-corrected chi connectivity index (χ2v) is 6.02. The highest BCUT2D eigenvalue weighted by molar-refractivity contribution is 6.00. The van der Waals surface area contributed by atoms with Crippen molar-refractivity contribution in [2.45, 2.75) is 26.3 Å². The van der Waals surface area contributed by atoms with Gasteiger partial charge in [0.1, 0.15) is 17.5 Å². The van der Waals surface area contributed by atoms with Crippen molar-refractivity contribution in [1.29, 1.82) is 0 Å². The minimum absolute atomic E-state index is 0.0161. The summed E-state index contributed by atoms with van der Waals surface area (Å²) in [5.41, 5.74) is 1.99. The molecule has 0 aliphatic carbocycles. The van der Waals surface area contributed by atoms with Gasteiger partial charge in [0.15, 0.2) is 0 Å². The van der Waals surface area contributed by atoms with Crippen LogP contribution in [0.25, 0.3) is 0 Å². The summed E-state index contributed by atoms with van der Waals surface area (Å²) < 4.78 is 1.67. The molecule has 0 saturated carbocycles. The van der Waals surface area contributed by atoms with Gasteiger partial charge in [-0.15, -0.1) is 0 Å². The highest BCUT2D eigenvalue weighted by atomic mass is 16.6. The molecule has 3 rings (SSSR count). The smallest absolute Gasteiger partial charge is 0.292 e. The summed E-state index contributed by atoms with van der Waals surface area (Å²) in [6.07, 6.45) is 0.577. The van der Waals surface area contributed by atoms with Crippen molar-refractivity contribution < 1.29 is 9.72 Å². The van der Waals surface area contributed by atoms with Crippen LogP contribution in [0.1, 0.15) is 17.7 Å². The van der Waals surface area contributed by atoms with E-state index in [0.717, 1.165) is 17.1 Å². The van der Waals surface area contributed by atoms with Gasteiger partial charge in [0.2, 0.25) is 0 Å². The largest absolute Gasteiger partial charge is 0.368 e. The van der Waals surface area contributed by atoms with Crippen LogP contribution in [0, 0.1) is 24.0 Å². The van der Waals surface area contributed by atoms with Crippen molar-refractivity contribution in [3.63, 3.8) is 0 Å². The fraction of sp³-hybridized carbons (Fsp3) is 0.375. The van der Waals surface area contributed by atoms with E-state index in [-0.39, 0.29) is 11.6 Å². The molecule has 8 nitrogen and oxygen atoms in total. The van der Waals surface area contributed by atoms with Gasteiger partial charge in [0, 0.05) is 25.7 Å². The summed E-state index contributed by atoms with van der Waals surface area (Å²) in [7, 11) is 1.79. The third-order valence-electron chi connectivity index (χ3n) is 4.14. The lowest BCUT2D eigenvalue weighted by molar-refractivity contribution is -0.384. The highest BCUT2D eigenvalue weighted by Gasteiger charge is 2.35. The molecule has 1 aliphatic rings. The summed E-state index contributed by atoms with van der Waals surface area (Å²) >= 11 is 0. The summed E-state index contributed by atoms with van der Waals surface area (Å²) in [6.45, 7) is 4.22. The number of amides is 1. The summed E-state index contributed by atoms with van der Waals surface area (Å²) in [4.78, 5) is 25.1. The van der Waals surface area contributed by atoms with Crippen molar-refractivity contribution in [1.82, 2.24) is 9.78 Å². The lowest BCUT2D eigenvalue weighted by atomic mass is 10.1. The van der Waals surface area contributed by atoms with Gasteiger partial charge < -0.3 is 5.32 Å². The molecule has 8 heteroatoms. The Morgan fingerprint density at radius 1 is 1.33 bits per heavy atom. The van der Waals surface area contributed by atoms with Crippen LogP contribution < -0.4 is 10.2 Å². The van der Waals surface area contributed by atoms with Crippen LogP contribution in [0.2, 0.25) is 0 Å². The summed E-state index contributed by atoms with van der Waals surface area (Å²) in [5.74, 6) is 0.632. The highest BCUT2D eigenvalue weighted by Crippen LogP contribution is 2.29. The maximum atomic E-state index is 12.7. The average molecular weight is 329 g/mol. The molecule has 1 aromatic carbocycles. The molecule has 126 valence electrons. The maximum absolute atomic E-state index is 12.7. The van der Waals surface area contributed by atoms with Crippen LogP contribution in [-0.2, 0) is 11.8 Å². The van der Waals surface area contributed by atoms with Crippen LogP contribution in [0.5, 0.6) is 0 Å². The van der Waals surface area contributed by atoms with Gasteiger partial charge >= 0.3 is 0 Å². The molecule has 1 N–H and O–H groups in total. The predicted molar refractivity (Wildman–Crippen MR) is 90.2 cm³/mol. The molecule has 0 radical (unpaired) electrons. The van der Waals surface area contributed by atoms with Gasteiger partial charge in [-0.2, -0.15) is 5.10 Å². The van der Waals surface area contributed by atoms with Crippen LogP contribution in [-0.4, -0.2) is 33.2 Å². The van der Waals surface area contributed by atoms with E-state index in [4.69, 9.17) is 0 Å². The summed E-state index contributed by atoms with van der Waals surface area (Å²) in [6, 6.07) is 6.31. The number of carbonyl (C=O) groups is 1. The third-order valence-corrected chi connectivity index (χ3v) is 4.14. The zero-order chi connectivity index (χ0) is 17.4. The van der Waals surface area contributed by atoms with Crippen molar-refractivity contribution in [3.8, 4) is 0 Å². The number of anilines is 2. The van der Waals surface area contributed by atoms with E-state index in [9.17, 15) is 14.9 Å². The lowest BCUT2D eigenvalue weighted by Gasteiger charge is -2.17. The molecule has 1 aromatic heterocycles. The minimum atomic E-state index is -0.485. The molecule has 1 atom stereocenters. The number of carbonyl (C=O) groups excluding carboxylic acids is 1. The van der Waals surface area contributed by atoms with E-state index in [0.29, 0.717) is 18.7 Å². The van der Waals surface area contributed by atoms with Crippen molar-refractivity contribution in [3.05, 3.63) is 45.6 Å². The molecule has 1 fully saturated rings. The van der Waals surface area contributed by atoms with E-state index in [1.807, 2.05) is 13.0 Å². The Kier molecular flexibility index (Phi) is 3.96. The monoisotopic (exact) mass is 329 g/mol. The predicted octanol–water partition coefficient (Wildman–Crippen LogP) is 2.16. The molecule has 1 unspecified atom stereocenters. The Labute approximate surface area is 139 Å². The van der Waals surface area contributed by atoms with Gasteiger partial charge in [0.05, 0.1) is 10.6 Å². The number of hydrogen-bond donors (Lipinski definition) is 1. The van der Waals surface area contributed by atoms with Crippen molar-refractivity contribution in [2.24, 2.45) is 7.05 Å². The minimum Gasteiger partial charge on any atom is -0.368 e. The fourth-order valence-electron chi connectivity index (χ4n) is 2.99. The molecule has 1 amide bonds. The molecule has 2 aromatic rings. The van der Waals surface area contributed by atoms with Gasteiger partial charge in [-0.3, -0.25) is 24.5 Å². The Bertz CT molecular complexity index is 814. The number of aromatic nitrogens is 2. The lowest BCUT2D eigenvalue weighted by Crippen LogP contribution is -2.34. The Morgan fingerprint density at radius 3 is 2.71 bits per heavy atom. The van der Waals surface area contributed by atoms with Crippen LogP contribution in [0.3, 0.4) is 0 Å². The molecular weight excluding hydrogens is 310 g/mol. The first-order chi connectivity index (χ1) is 11.4. The molecule has 24 heavy (non-hydrogen) atoms. The van der Waals surface area contributed by atoms with E-state index < -0.39 is 11.0 Å². The summed E-state index contributed by atoms with van der Waals surface area (Å²) in [5, 5.41) is 18.5. The number of nitro groups is 1. The molecule has 0 bridgehead atoms. The molecule has 1 saturated heterocycles. The normalized spacial score (nSPS) is 17.4. The van der Waals surface area contributed by atoms with E-state index in [2.05, 4.69) is 10.4 Å². The maximum Gasteiger partial charge on any atom is 0.292 e. The quantitative estimate of drug-likeness (QED) is 0.685. The number of benzene rings is 1. The fourth-order valence-corrected chi connectivity index (χ4v) is 2.99. The van der Waals surface area contributed by atoms with Crippen LogP contribution in [0.4, 0.5) is 17.2 Å². The Hall–Kier alpha value is -2.90. The second-order valence-electron chi connectivity index (χ2n) is 6.02. The van der Waals surface area contributed by atoms with Crippen LogP contribution in [0.15, 0.2) is 24.3 Å². The topological polar surface area (TPSA) is 93.3 Å². The SMILES string of the molecule is Cc1ccc(NC2CCN(c3cc(C)nn3C)C2=O)c([N+](=O)[O-])c1. The molecular formula is C16H19N5O3. The first-order valence-corrected chi connectivity index (χ1v) is 7.70. The zero-order valence-electron chi connectivity index (χ0n) is 13.8. The van der Waals surface area contributed by atoms with Gasteiger partial charge in [0.25, 0.3) is 11.6 Å². The number of aryl methyl sites for hydroxylation is 3. The molecule has 0 spiro atoms. The van der Waals surface area contributed by atoms with Gasteiger partial charge in [-0.1, -0.05) is 6.07 Å². The van der Waals surface area contributed by atoms with E-state index >= 15 is 0 Å². The van der Waals surface area contributed by atoms with Gasteiger partial charge in [-0.25, -0.2) is 0 Å². The van der Waals surface area contributed by atoms with Crippen molar-refractivity contribution in [2.75, 3.05) is 16.8 Å². The Morgan fingerprint density at radius 2 is 2.08 bits per heavy atom. The standard InChI is InChI=1S/C16H19N5O3/c1-10-4-5-12(14(8-10)21(23)24)17-13-6-7-20(16(13)22)15-9-11(2)18-19(15)3/h4-5,8-9,13,17H,6-7H2,1-3H3. The zero-order valence-corrected chi connectivity index (χ0v) is 13.8. The Balaban J connectivity index is 1.82. The number of hydrogen-bond acceptors (Lipinski definition) is 5. The third kappa shape index (κ3) is 2.82. The number of nitrogens with one attached hydrogen (secondary N) is 1. The molecule has 2 heterocycles. The molecule has 1 aliphatic heterocycles. The van der Waals surface area contributed by atoms with Crippen LogP contribution >= 0.6 is 0 Å². The van der Waals surface area contributed by atoms with Crippen molar-refractivity contribution >= 4 is 23.1 Å². The average Bonchev–Trinajstić information content (AvgIpc) is 3.03. The second kappa shape index (κ2) is 5.95. The van der Waals surface area contributed by atoms with E-state index in [1.54, 1.807) is 35.7 Å². The first kappa shape index (κ1) is 16.0. The number of rotatable bonds is 4. The van der Waals surface area contributed by atoms with Gasteiger partial charge in [-0.05, 0) is 31.9 Å². The number of nitrogens with zero attached hydrogens (tertiary/aromatic N) is 4.